The number of hydrogen-bond acceptors (Lipinski definition) is 5. The summed E-state index contributed by atoms with van der Waals surface area (Å²) in [5.41, 5.74) is 0.168. The molecule has 1 atom stereocenters. The largest absolute Gasteiger partial charge is 0.454 e. The van der Waals surface area contributed by atoms with E-state index in [-0.39, 0.29) is 23.2 Å². The average molecular weight is 432 g/mol. The quantitative estimate of drug-likeness (QED) is 0.487. The zero-order valence-corrected chi connectivity index (χ0v) is 17.2. The lowest BCUT2D eigenvalue weighted by atomic mass is 10.2. The Balaban J connectivity index is 2.27. The van der Waals surface area contributed by atoms with Gasteiger partial charge in [-0.2, -0.15) is 0 Å². The van der Waals surface area contributed by atoms with Crippen molar-refractivity contribution < 1.29 is 23.9 Å². The molecule has 0 aliphatic rings. The summed E-state index contributed by atoms with van der Waals surface area (Å²) in [6.07, 6.45) is 1.75. The summed E-state index contributed by atoms with van der Waals surface area (Å²) in [7, 11) is 0. The van der Waals surface area contributed by atoms with Crippen LogP contribution in [0.15, 0.2) is 18.2 Å². The van der Waals surface area contributed by atoms with Gasteiger partial charge >= 0.3 is 5.97 Å². The Hall–Kier alpha value is -2.32. The first kappa shape index (κ1) is 23.7. The van der Waals surface area contributed by atoms with Gasteiger partial charge in [-0.25, -0.2) is 0 Å². The maximum Gasteiger partial charge on any atom is 0.325 e. The molecule has 1 aromatic rings. The monoisotopic (exact) mass is 431 g/mol. The van der Waals surface area contributed by atoms with E-state index in [0.29, 0.717) is 5.02 Å². The predicted molar refractivity (Wildman–Crippen MR) is 105 cm³/mol. The Morgan fingerprint density at radius 2 is 1.79 bits per heavy atom. The van der Waals surface area contributed by atoms with E-state index in [0.717, 1.165) is 12.8 Å². The fourth-order valence-corrected chi connectivity index (χ4v) is 2.68. The minimum Gasteiger partial charge on any atom is -0.454 e. The zero-order chi connectivity index (χ0) is 21.1. The Kier molecular flexibility index (Phi) is 10.3. The summed E-state index contributed by atoms with van der Waals surface area (Å²) in [6, 6.07) is 4.33. The van der Waals surface area contributed by atoms with Gasteiger partial charge in [0.15, 0.2) is 6.61 Å². The van der Waals surface area contributed by atoms with Crippen molar-refractivity contribution in [3.8, 4) is 0 Å². The van der Waals surface area contributed by atoms with E-state index in [1.807, 2.05) is 13.8 Å². The standard InChI is InChI=1S/C18H23Cl2N3O5/c1-3-4-11(2)23-16(25)10-28-17(26)9-21-15(24)8-22-18(27)13-6-5-12(19)7-14(13)20/h5-7,11H,3-4,8-10H2,1-2H3,(H,21,24)(H,22,27)(H,23,25). The van der Waals surface area contributed by atoms with Crippen molar-refractivity contribution in [2.45, 2.75) is 32.7 Å². The molecule has 0 saturated heterocycles. The van der Waals surface area contributed by atoms with Gasteiger partial charge in [0.2, 0.25) is 5.91 Å². The van der Waals surface area contributed by atoms with E-state index >= 15 is 0 Å². The highest BCUT2D eigenvalue weighted by atomic mass is 35.5. The summed E-state index contributed by atoms with van der Waals surface area (Å²) in [5.74, 6) is -2.33. The Labute approximate surface area is 173 Å². The van der Waals surface area contributed by atoms with Crippen LogP contribution in [-0.4, -0.2) is 49.4 Å². The molecule has 0 aliphatic heterocycles. The highest BCUT2D eigenvalue weighted by molar-refractivity contribution is 6.36. The van der Waals surface area contributed by atoms with Crippen LogP contribution in [0.2, 0.25) is 10.0 Å². The van der Waals surface area contributed by atoms with Crippen molar-refractivity contribution >= 4 is 46.9 Å². The third kappa shape index (κ3) is 9.05. The van der Waals surface area contributed by atoms with Crippen LogP contribution in [0.3, 0.4) is 0 Å². The number of rotatable bonds is 10. The second-order valence-corrected chi connectivity index (χ2v) is 6.85. The molecule has 0 heterocycles. The van der Waals surface area contributed by atoms with Crippen LogP contribution in [0.1, 0.15) is 37.0 Å². The third-order valence-electron chi connectivity index (χ3n) is 3.51. The zero-order valence-electron chi connectivity index (χ0n) is 15.6. The topological polar surface area (TPSA) is 114 Å². The van der Waals surface area contributed by atoms with Crippen molar-refractivity contribution in [2.75, 3.05) is 19.7 Å². The minimum atomic E-state index is -0.765. The Morgan fingerprint density at radius 1 is 1.07 bits per heavy atom. The van der Waals surface area contributed by atoms with Crippen molar-refractivity contribution in [3.05, 3.63) is 33.8 Å². The normalized spacial score (nSPS) is 11.3. The highest BCUT2D eigenvalue weighted by Gasteiger charge is 2.14. The van der Waals surface area contributed by atoms with Gasteiger partial charge in [0.05, 0.1) is 17.1 Å². The molecule has 0 fully saturated rings. The van der Waals surface area contributed by atoms with Gasteiger partial charge in [0.1, 0.15) is 6.54 Å². The lowest BCUT2D eigenvalue weighted by Crippen LogP contribution is -2.40. The van der Waals surface area contributed by atoms with Crippen LogP contribution >= 0.6 is 23.2 Å². The Bertz CT molecular complexity index is 727. The number of esters is 1. The van der Waals surface area contributed by atoms with Gasteiger partial charge < -0.3 is 20.7 Å². The van der Waals surface area contributed by atoms with Crippen LogP contribution in [0, 0.1) is 0 Å². The molecular weight excluding hydrogens is 409 g/mol. The van der Waals surface area contributed by atoms with E-state index in [9.17, 15) is 19.2 Å². The molecule has 0 radical (unpaired) electrons. The highest BCUT2D eigenvalue weighted by Crippen LogP contribution is 2.20. The van der Waals surface area contributed by atoms with E-state index in [1.165, 1.54) is 18.2 Å². The molecule has 0 spiro atoms. The first-order chi connectivity index (χ1) is 13.2. The molecular formula is C18H23Cl2N3O5. The smallest absolute Gasteiger partial charge is 0.325 e. The molecule has 0 aromatic heterocycles. The summed E-state index contributed by atoms with van der Waals surface area (Å²) in [5, 5.41) is 7.88. The number of nitrogens with one attached hydrogen (secondary N) is 3. The molecule has 0 saturated carbocycles. The summed E-state index contributed by atoms with van der Waals surface area (Å²) >= 11 is 11.7. The molecule has 1 unspecified atom stereocenters. The van der Waals surface area contributed by atoms with Gasteiger partial charge in [-0.15, -0.1) is 0 Å². The molecule has 0 aliphatic carbocycles. The number of amides is 3. The van der Waals surface area contributed by atoms with E-state index < -0.39 is 36.8 Å². The molecule has 3 N–H and O–H groups in total. The summed E-state index contributed by atoms with van der Waals surface area (Å²) in [6.45, 7) is 2.65. The molecule has 0 bridgehead atoms. The van der Waals surface area contributed by atoms with Gasteiger partial charge in [-0.3, -0.25) is 19.2 Å². The number of carbonyl (C=O) groups excluding carboxylic acids is 4. The van der Waals surface area contributed by atoms with Crippen LogP contribution < -0.4 is 16.0 Å². The number of hydrogen-bond donors (Lipinski definition) is 3. The number of halogens is 2. The first-order valence-corrected chi connectivity index (χ1v) is 9.43. The molecule has 10 heteroatoms. The van der Waals surface area contributed by atoms with Crippen LogP contribution in [0.4, 0.5) is 0 Å². The predicted octanol–water partition coefficient (Wildman–Crippen LogP) is 1.69. The SMILES string of the molecule is CCCC(C)NC(=O)COC(=O)CNC(=O)CNC(=O)c1ccc(Cl)cc1Cl. The third-order valence-corrected chi connectivity index (χ3v) is 4.06. The molecule has 28 heavy (non-hydrogen) atoms. The fraction of sp³-hybridized carbons (Fsp3) is 0.444. The summed E-state index contributed by atoms with van der Waals surface area (Å²) in [4.78, 5) is 46.8. The van der Waals surface area contributed by atoms with Gasteiger partial charge in [0.25, 0.3) is 11.8 Å². The molecule has 3 amide bonds. The number of benzene rings is 1. The van der Waals surface area contributed by atoms with E-state index in [2.05, 4.69) is 16.0 Å². The van der Waals surface area contributed by atoms with Crippen LogP contribution in [0.25, 0.3) is 0 Å². The van der Waals surface area contributed by atoms with Gasteiger partial charge in [-0.05, 0) is 31.5 Å². The van der Waals surface area contributed by atoms with Gasteiger partial charge in [-0.1, -0.05) is 36.5 Å². The minimum absolute atomic E-state index is 0.00587. The van der Waals surface area contributed by atoms with Crippen LogP contribution in [-0.2, 0) is 19.1 Å². The second kappa shape index (κ2) is 12.2. The van der Waals surface area contributed by atoms with Crippen LogP contribution in [0.5, 0.6) is 0 Å². The summed E-state index contributed by atoms with van der Waals surface area (Å²) < 4.78 is 4.77. The van der Waals surface area contributed by atoms with Crippen molar-refractivity contribution in [1.82, 2.24) is 16.0 Å². The molecule has 8 nitrogen and oxygen atoms in total. The Morgan fingerprint density at radius 3 is 2.43 bits per heavy atom. The lowest BCUT2D eigenvalue weighted by Gasteiger charge is -2.13. The lowest BCUT2D eigenvalue weighted by molar-refractivity contribution is -0.148. The molecule has 1 rings (SSSR count). The molecule has 1 aromatic carbocycles. The van der Waals surface area contributed by atoms with Crippen molar-refractivity contribution in [2.24, 2.45) is 0 Å². The maximum absolute atomic E-state index is 12.0. The van der Waals surface area contributed by atoms with Crippen molar-refractivity contribution in [3.63, 3.8) is 0 Å². The van der Waals surface area contributed by atoms with Gasteiger partial charge in [0, 0.05) is 11.1 Å². The maximum atomic E-state index is 12.0. The second-order valence-electron chi connectivity index (χ2n) is 6.00. The average Bonchev–Trinajstić information content (AvgIpc) is 2.62. The first-order valence-electron chi connectivity index (χ1n) is 8.67. The van der Waals surface area contributed by atoms with Crippen molar-refractivity contribution in [1.29, 1.82) is 0 Å². The fourth-order valence-electron chi connectivity index (χ4n) is 2.18. The number of carbonyl (C=O) groups is 4. The molecule has 154 valence electrons. The van der Waals surface area contributed by atoms with E-state index in [4.69, 9.17) is 27.9 Å². The van der Waals surface area contributed by atoms with E-state index in [1.54, 1.807) is 0 Å². The number of ether oxygens (including phenoxy) is 1.